The highest BCUT2D eigenvalue weighted by Crippen LogP contribution is 2.44. The Bertz CT molecular complexity index is 628. The van der Waals surface area contributed by atoms with Crippen molar-refractivity contribution in [3.8, 4) is 0 Å². The number of epoxide rings is 1. The normalized spacial score (nSPS) is 42.0. The van der Waals surface area contributed by atoms with Gasteiger partial charge in [-0.15, -0.1) is 0 Å². The lowest BCUT2D eigenvalue weighted by Gasteiger charge is -2.15. The van der Waals surface area contributed by atoms with Crippen LogP contribution in [-0.2, 0) is 14.3 Å². The Morgan fingerprint density at radius 1 is 1.12 bits per heavy atom. The second-order valence-corrected chi connectivity index (χ2v) is 7.73. The average molecular weight is 332 g/mol. The smallest absolute Gasteiger partial charge is 0.334 e. The molecular weight excluding hydrogens is 304 g/mol. The summed E-state index contributed by atoms with van der Waals surface area (Å²) >= 11 is 0. The first-order valence-electron chi connectivity index (χ1n) is 8.89. The van der Waals surface area contributed by atoms with E-state index in [0.29, 0.717) is 6.42 Å². The van der Waals surface area contributed by atoms with E-state index in [1.165, 1.54) is 5.57 Å². The van der Waals surface area contributed by atoms with E-state index in [2.05, 4.69) is 19.9 Å². The summed E-state index contributed by atoms with van der Waals surface area (Å²) in [6, 6.07) is 0. The average Bonchev–Trinajstić information content (AvgIpc) is 3.04. The molecule has 24 heavy (non-hydrogen) atoms. The van der Waals surface area contributed by atoms with Crippen LogP contribution in [0.4, 0.5) is 0 Å². The van der Waals surface area contributed by atoms with Crippen LogP contribution < -0.4 is 0 Å². The van der Waals surface area contributed by atoms with Gasteiger partial charge >= 0.3 is 5.97 Å². The molecule has 132 valence electrons. The molecule has 1 fully saturated rings. The summed E-state index contributed by atoms with van der Waals surface area (Å²) in [7, 11) is 0. The van der Waals surface area contributed by atoms with E-state index in [-0.39, 0.29) is 23.8 Å². The Labute approximate surface area is 144 Å². The van der Waals surface area contributed by atoms with Gasteiger partial charge in [0.1, 0.15) is 6.10 Å². The van der Waals surface area contributed by atoms with Crippen LogP contribution in [0.2, 0.25) is 0 Å². The van der Waals surface area contributed by atoms with Gasteiger partial charge in [0.2, 0.25) is 0 Å². The van der Waals surface area contributed by atoms with Crippen molar-refractivity contribution in [3.63, 3.8) is 0 Å². The molecule has 3 rings (SSSR count). The minimum Gasteiger partial charge on any atom is -0.450 e. The maximum absolute atomic E-state index is 11.9. The van der Waals surface area contributed by atoms with Crippen LogP contribution in [0.3, 0.4) is 0 Å². The maximum atomic E-state index is 11.9. The molecule has 3 aliphatic rings. The lowest BCUT2D eigenvalue weighted by Crippen LogP contribution is -2.19. The minimum atomic E-state index is -0.480. The number of carbonyl (C=O) groups excluding carboxylic acids is 1. The Morgan fingerprint density at radius 2 is 1.83 bits per heavy atom. The zero-order valence-corrected chi connectivity index (χ0v) is 15.1. The quantitative estimate of drug-likeness (QED) is 0.418. The zero-order chi connectivity index (χ0) is 17.5. The number of carbonyl (C=O) groups is 1. The third-order valence-corrected chi connectivity index (χ3v) is 5.52. The van der Waals surface area contributed by atoms with Gasteiger partial charge in [0.15, 0.2) is 0 Å². The minimum absolute atomic E-state index is 0.204. The summed E-state index contributed by atoms with van der Waals surface area (Å²) in [6.07, 6.45) is 7.62. The monoisotopic (exact) mass is 332 g/mol. The Balaban J connectivity index is 1.84. The van der Waals surface area contributed by atoms with Crippen molar-refractivity contribution < 1.29 is 19.4 Å². The number of aliphatic hydroxyl groups excluding tert-OH is 1. The molecule has 1 aliphatic carbocycles. The molecule has 0 bridgehead atoms. The second-order valence-electron chi connectivity index (χ2n) is 7.73. The van der Waals surface area contributed by atoms with Crippen molar-refractivity contribution in [2.24, 2.45) is 0 Å². The number of hydrogen-bond donors (Lipinski definition) is 1. The summed E-state index contributed by atoms with van der Waals surface area (Å²) < 4.78 is 11.4. The van der Waals surface area contributed by atoms with Crippen molar-refractivity contribution >= 4 is 5.97 Å². The van der Waals surface area contributed by atoms with Gasteiger partial charge in [0.25, 0.3) is 0 Å². The highest BCUT2D eigenvalue weighted by Gasteiger charge is 2.52. The molecule has 0 aromatic heterocycles. The van der Waals surface area contributed by atoms with Crippen molar-refractivity contribution in [3.05, 3.63) is 34.4 Å². The lowest BCUT2D eigenvalue weighted by atomic mass is 9.92. The molecule has 0 spiro atoms. The van der Waals surface area contributed by atoms with E-state index < -0.39 is 6.10 Å². The summed E-state index contributed by atoms with van der Waals surface area (Å²) in [6.45, 7) is 8.05. The summed E-state index contributed by atoms with van der Waals surface area (Å²) in [5, 5.41) is 10.3. The molecule has 0 saturated carbocycles. The van der Waals surface area contributed by atoms with Gasteiger partial charge in [-0.2, -0.15) is 0 Å². The Hall–Kier alpha value is -1.39. The first-order valence-corrected chi connectivity index (χ1v) is 8.89. The first kappa shape index (κ1) is 17.4. The molecule has 0 aromatic rings. The van der Waals surface area contributed by atoms with Crippen LogP contribution in [0.5, 0.6) is 0 Å². The van der Waals surface area contributed by atoms with Gasteiger partial charge in [0, 0.05) is 12.0 Å². The highest BCUT2D eigenvalue weighted by molar-refractivity contribution is 5.92. The van der Waals surface area contributed by atoms with Gasteiger partial charge in [-0.25, -0.2) is 4.79 Å². The van der Waals surface area contributed by atoms with Gasteiger partial charge in [0.05, 0.1) is 17.8 Å². The zero-order valence-electron chi connectivity index (χ0n) is 15.1. The Kier molecular flexibility index (Phi) is 4.71. The number of hydrogen-bond acceptors (Lipinski definition) is 4. The largest absolute Gasteiger partial charge is 0.450 e. The number of rotatable bonds is 0. The van der Waals surface area contributed by atoms with E-state index >= 15 is 0 Å². The fourth-order valence-corrected chi connectivity index (χ4v) is 3.84. The molecular formula is C20H28O4. The number of aliphatic hydroxyl groups is 1. The maximum Gasteiger partial charge on any atom is 0.334 e. The summed E-state index contributed by atoms with van der Waals surface area (Å²) in [5.74, 6) is -0.205. The van der Waals surface area contributed by atoms with E-state index in [1.807, 2.05) is 19.9 Å². The molecule has 2 heterocycles. The third-order valence-electron chi connectivity index (χ3n) is 5.52. The molecule has 1 saturated heterocycles. The number of allylic oxidation sites excluding steroid dienone is 2. The molecule has 0 aromatic carbocycles. The van der Waals surface area contributed by atoms with Crippen LogP contribution in [0.1, 0.15) is 59.8 Å². The Morgan fingerprint density at radius 3 is 2.58 bits per heavy atom. The highest BCUT2D eigenvalue weighted by atomic mass is 16.6. The predicted molar refractivity (Wildman–Crippen MR) is 92.5 cm³/mol. The molecule has 4 atom stereocenters. The third kappa shape index (κ3) is 3.65. The van der Waals surface area contributed by atoms with Crippen LogP contribution >= 0.6 is 0 Å². The summed E-state index contributed by atoms with van der Waals surface area (Å²) in [4.78, 5) is 11.9. The standard InChI is InChI=1S/C20H28O4/c1-12-5-7-16-14(3)19(22)23-17(16)10-13(2)6-8-18-20(4,24-18)11-15(21)9-12/h9-10,15,17-18,21H,5-8,11H2,1-4H3/b12-9+,13-10+/t15-,17-,18-,20-/m0/s1. The van der Waals surface area contributed by atoms with Crippen LogP contribution in [0, 0.1) is 0 Å². The molecule has 4 nitrogen and oxygen atoms in total. The molecule has 2 aliphatic heterocycles. The lowest BCUT2D eigenvalue weighted by molar-refractivity contribution is -0.138. The van der Waals surface area contributed by atoms with Crippen LogP contribution in [-0.4, -0.2) is 35.0 Å². The number of ether oxygens (including phenoxy) is 2. The molecule has 1 N–H and O–H groups in total. The van der Waals surface area contributed by atoms with E-state index in [1.54, 1.807) is 0 Å². The van der Waals surface area contributed by atoms with Crippen LogP contribution in [0.15, 0.2) is 34.4 Å². The molecule has 0 amide bonds. The van der Waals surface area contributed by atoms with Crippen molar-refractivity contribution in [2.45, 2.75) is 83.7 Å². The van der Waals surface area contributed by atoms with Crippen molar-refractivity contribution in [1.82, 2.24) is 0 Å². The van der Waals surface area contributed by atoms with E-state index in [0.717, 1.165) is 42.4 Å². The fourth-order valence-electron chi connectivity index (χ4n) is 3.84. The topological polar surface area (TPSA) is 59.1 Å². The first-order chi connectivity index (χ1) is 11.3. The SMILES string of the molecule is CC1=C2CC/C(C)=C/[C@H](O)C[C@]3(C)O[C@H]3CC/C(C)=C/[C@@H]2OC1=O. The van der Waals surface area contributed by atoms with Gasteiger partial charge in [-0.3, -0.25) is 0 Å². The van der Waals surface area contributed by atoms with Gasteiger partial charge in [-0.05, 0) is 65.0 Å². The summed E-state index contributed by atoms with van der Waals surface area (Å²) in [5.41, 5.74) is 3.97. The molecule has 0 radical (unpaired) electrons. The second kappa shape index (κ2) is 6.49. The van der Waals surface area contributed by atoms with Crippen molar-refractivity contribution in [1.29, 1.82) is 0 Å². The van der Waals surface area contributed by atoms with E-state index in [4.69, 9.17) is 9.47 Å². The van der Waals surface area contributed by atoms with Crippen LogP contribution in [0.25, 0.3) is 0 Å². The van der Waals surface area contributed by atoms with Crippen molar-refractivity contribution in [2.75, 3.05) is 0 Å². The fraction of sp³-hybridized carbons (Fsp3) is 0.650. The number of fused-ring (bicyclic) bond motifs is 2. The predicted octanol–water partition coefficient (Wildman–Crippen LogP) is 3.60. The van der Waals surface area contributed by atoms with E-state index in [9.17, 15) is 9.90 Å². The molecule has 4 heteroatoms. The van der Waals surface area contributed by atoms with Gasteiger partial charge < -0.3 is 14.6 Å². The number of esters is 1. The van der Waals surface area contributed by atoms with Gasteiger partial charge in [-0.1, -0.05) is 17.2 Å². The molecule has 0 unspecified atom stereocenters.